The first-order valence-electron chi connectivity index (χ1n) is 6.02. The molecule has 0 spiro atoms. The Kier molecular flexibility index (Phi) is 6.55. The minimum Gasteiger partial charge on any atom is -0.477 e. The smallest absolute Gasteiger partial charge is 0.349 e. The molecule has 1 aromatic rings. The molecule has 0 radical (unpaired) electrons. The average molecular weight is 316 g/mol. The lowest BCUT2D eigenvalue weighted by Crippen LogP contribution is -2.29. The maximum atomic E-state index is 11.6. The Balaban J connectivity index is 2.49. The van der Waals surface area contributed by atoms with E-state index in [1.165, 1.54) is 5.56 Å². The van der Waals surface area contributed by atoms with E-state index in [0.29, 0.717) is 6.54 Å². The van der Waals surface area contributed by atoms with Gasteiger partial charge < -0.3 is 10.4 Å². The van der Waals surface area contributed by atoms with E-state index in [4.69, 9.17) is 28.3 Å². The molecule has 0 fully saturated rings. The van der Waals surface area contributed by atoms with Crippen molar-refractivity contribution >= 4 is 35.1 Å². The monoisotopic (exact) mass is 315 g/mol. The van der Waals surface area contributed by atoms with Gasteiger partial charge in [0, 0.05) is 6.54 Å². The van der Waals surface area contributed by atoms with Crippen molar-refractivity contribution in [1.82, 2.24) is 5.32 Å². The quantitative estimate of drug-likeness (QED) is 0.793. The van der Waals surface area contributed by atoms with E-state index >= 15 is 0 Å². The lowest BCUT2D eigenvalue weighted by molar-refractivity contribution is -0.132. The number of halogens is 2. The fraction of sp³-hybridized carbons (Fsp3) is 0.286. The molecule has 0 aliphatic rings. The standard InChI is InChI=1S/C14H15Cl2NO3/c1-9(7-10-5-3-2-4-6-10)8-17-13(18)11(15)12(16)14(19)20/h2-6,9H,7-8H2,1H3,(H,17,18)(H,19,20). The van der Waals surface area contributed by atoms with Gasteiger partial charge in [-0.3, -0.25) is 4.79 Å². The van der Waals surface area contributed by atoms with Crippen LogP contribution in [0.15, 0.2) is 40.4 Å². The molecule has 0 bridgehead atoms. The number of carboxylic acids is 1. The summed E-state index contributed by atoms with van der Waals surface area (Å²) >= 11 is 11.0. The largest absolute Gasteiger partial charge is 0.477 e. The summed E-state index contributed by atoms with van der Waals surface area (Å²) in [6.07, 6.45) is 0.801. The van der Waals surface area contributed by atoms with Crippen molar-refractivity contribution in [3.8, 4) is 0 Å². The van der Waals surface area contributed by atoms with Crippen molar-refractivity contribution in [3.05, 3.63) is 46.0 Å². The van der Waals surface area contributed by atoms with Crippen LogP contribution in [0.3, 0.4) is 0 Å². The zero-order valence-corrected chi connectivity index (χ0v) is 12.4. The topological polar surface area (TPSA) is 66.4 Å². The van der Waals surface area contributed by atoms with Gasteiger partial charge in [-0.05, 0) is 17.9 Å². The molecule has 1 atom stereocenters. The van der Waals surface area contributed by atoms with Gasteiger partial charge in [0.1, 0.15) is 10.1 Å². The highest BCUT2D eigenvalue weighted by atomic mass is 35.5. The molecular weight excluding hydrogens is 301 g/mol. The number of hydrogen-bond acceptors (Lipinski definition) is 2. The van der Waals surface area contributed by atoms with Gasteiger partial charge in [-0.2, -0.15) is 0 Å². The Morgan fingerprint density at radius 2 is 1.80 bits per heavy atom. The molecule has 1 amide bonds. The SMILES string of the molecule is CC(CNC(=O)C(Cl)=C(Cl)C(=O)O)Cc1ccccc1. The number of carbonyl (C=O) groups is 2. The summed E-state index contributed by atoms with van der Waals surface area (Å²) in [5.74, 6) is -1.92. The number of amides is 1. The van der Waals surface area contributed by atoms with E-state index in [1.54, 1.807) is 0 Å². The molecule has 0 heterocycles. The number of aliphatic carboxylic acids is 1. The Bertz CT molecular complexity index is 514. The maximum absolute atomic E-state index is 11.6. The van der Waals surface area contributed by atoms with Gasteiger partial charge in [-0.15, -0.1) is 0 Å². The molecule has 2 N–H and O–H groups in total. The van der Waals surface area contributed by atoms with Crippen LogP contribution in [0, 0.1) is 5.92 Å². The van der Waals surface area contributed by atoms with E-state index in [2.05, 4.69) is 5.32 Å². The van der Waals surface area contributed by atoms with E-state index in [9.17, 15) is 9.59 Å². The molecule has 1 rings (SSSR count). The third kappa shape index (κ3) is 5.23. The summed E-state index contributed by atoms with van der Waals surface area (Å²) in [7, 11) is 0. The molecule has 0 saturated heterocycles. The second kappa shape index (κ2) is 7.92. The van der Waals surface area contributed by atoms with E-state index < -0.39 is 21.9 Å². The van der Waals surface area contributed by atoms with Gasteiger partial charge >= 0.3 is 5.97 Å². The molecule has 4 nitrogen and oxygen atoms in total. The fourth-order valence-corrected chi connectivity index (χ4v) is 1.86. The van der Waals surface area contributed by atoms with Crippen molar-refractivity contribution in [2.45, 2.75) is 13.3 Å². The van der Waals surface area contributed by atoms with Crippen LogP contribution < -0.4 is 5.32 Å². The molecular formula is C14H15Cl2NO3. The third-order valence-electron chi connectivity index (χ3n) is 2.62. The highest BCUT2D eigenvalue weighted by Crippen LogP contribution is 2.14. The summed E-state index contributed by atoms with van der Waals surface area (Å²) < 4.78 is 0. The molecule has 0 saturated carbocycles. The van der Waals surface area contributed by atoms with Gasteiger partial charge in [0.2, 0.25) is 0 Å². The third-order valence-corrected chi connectivity index (χ3v) is 3.43. The van der Waals surface area contributed by atoms with Crippen LogP contribution in [0.1, 0.15) is 12.5 Å². The van der Waals surface area contributed by atoms with E-state index in [-0.39, 0.29) is 5.92 Å². The van der Waals surface area contributed by atoms with Crippen molar-refractivity contribution in [2.24, 2.45) is 5.92 Å². The first kappa shape index (κ1) is 16.5. The molecule has 1 aromatic carbocycles. The fourth-order valence-electron chi connectivity index (χ4n) is 1.63. The normalized spacial score (nSPS) is 13.3. The summed E-state index contributed by atoms with van der Waals surface area (Å²) in [6, 6.07) is 9.85. The first-order chi connectivity index (χ1) is 9.41. The van der Waals surface area contributed by atoms with Gasteiger partial charge in [-0.1, -0.05) is 60.5 Å². The van der Waals surface area contributed by atoms with Crippen molar-refractivity contribution in [3.63, 3.8) is 0 Å². The minimum atomic E-state index is -1.43. The van der Waals surface area contributed by atoms with Gasteiger partial charge in [0.25, 0.3) is 5.91 Å². The lowest BCUT2D eigenvalue weighted by atomic mass is 10.0. The summed E-state index contributed by atoms with van der Waals surface area (Å²) in [4.78, 5) is 22.2. The highest BCUT2D eigenvalue weighted by Gasteiger charge is 2.17. The predicted octanol–water partition coefficient (Wildman–Crippen LogP) is 2.76. The number of rotatable bonds is 6. The predicted molar refractivity (Wildman–Crippen MR) is 78.7 cm³/mol. The number of carbonyl (C=O) groups excluding carboxylic acids is 1. The molecule has 0 aliphatic heterocycles. The van der Waals surface area contributed by atoms with Crippen LogP contribution >= 0.6 is 23.2 Å². The van der Waals surface area contributed by atoms with Crippen LogP contribution in [-0.2, 0) is 16.0 Å². The number of carboxylic acid groups (broad SMARTS) is 1. The first-order valence-corrected chi connectivity index (χ1v) is 6.78. The zero-order valence-electron chi connectivity index (χ0n) is 10.9. The number of benzene rings is 1. The van der Waals surface area contributed by atoms with Gasteiger partial charge in [0.05, 0.1) is 0 Å². The number of hydrogen-bond donors (Lipinski definition) is 2. The minimum absolute atomic E-state index is 0.189. The molecule has 0 aliphatic carbocycles. The highest BCUT2D eigenvalue weighted by molar-refractivity contribution is 6.53. The molecule has 0 aromatic heterocycles. The second-order valence-corrected chi connectivity index (χ2v) is 5.19. The van der Waals surface area contributed by atoms with Gasteiger partial charge in [-0.25, -0.2) is 4.79 Å². The van der Waals surface area contributed by atoms with E-state index in [0.717, 1.165) is 6.42 Å². The van der Waals surface area contributed by atoms with Crippen LogP contribution in [0.5, 0.6) is 0 Å². The Hall–Kier alpha value is -1.52. The van der Waals surface area contributed by atoms with E-state index in [1.807, 2.05) is 37.3 Å². The molecule has 20 heavy (non-hydrogen) atoms. The van der Waals surface area contributed by atoms with Crippen molar-refractivity contribution < 1.29 is 14.7 Å². The zero-order chi connectivity index (χ0) is 15.1. The Morgan fingerprint density at radius 1 is 1.20 bits per heavy atom. The average Bonchev–Trinajstić information content (AvgIpc) is 2.44. The van der Waals surface area contributed by atoms with Crippen molar-refractivity contribution in [2.75, 3.05) is 6.54 Å². The molecule has 1 unspecified atom stereocenters. The number of nitrogens with one attached hydrogen (secondary N) is 1. The summed E-state index contributed by atoms with van der Waals surface area (Å²) in [5, 5.41) is 9.99. The van der Waals surface area contributed by atoms with Crippen LogP contribution in [0.25, 0.3) is 0 Å². The molecule has 108 valence electrons. The van der Waals surface area contributed by atoms with Crippen LogP contribution in [0.2, 0.25) is 0 Å². The van der Waals surface area contributed by atoms with Gasteiger partial charge in [0.15, 0.2) is 0 Å². The van der Waals surface area contributed by atoms with Crippen LogP contribution in [-0.4, -0.2) is 23.5 Å². The lowest BCUT2D eigenvalue weighted by Gasteiger charge is -2.12. The maximum Gasteiger partial charge on any atom is 0.349 e. The van der Waals surface area contributed by atoms with Crippen molar-refractivity contribution in [1.29, 1.82) is 0 Å². The molecule has 6 heteroatoms. The Labute approximate surface area is 127 Å². The second-order valence-electron chi connectivity index (χ2n) is 4.44. The summed E-state index contributed by atoms with van der Waals surface area (Å²) in [6.45, 7) is 2.36. The Morgan fingerprint density at radius 3 is 2.35 bits per heavy atom. The van der Waals surface area contributed by atoms with Crippen LogP contribution in [0.4, 0.5) is 0 Å². The summed E-state index contributed by atoms with van der Waals surface area (Å²) in [5.41, 5.74) is 1.17.